The van der Waals surface area contributed by atoms with Crippen molar-refractivity contribution in [2.75, 3.05) is 38.5 Å². The van der Waals surface area contributed by atoms with E-state index in [0.29, 0.717) is 19.1 Å². The molecular weight excluding hydrogens is 250 g/mol. The second-order valence-electron chi connectivity index (χ2n) is 4.82. The van der Waals surface area contributed by atoms with Crippen LogP contribution in [0.1, 0.15) is 33.1 Å². The molecule has 1 rings (SSSR count). The maximum Gasteiger partial charge on any atom is 0.212 e. The van der Waals surface area contributed by atoms with Gasteiger partial charge in [-0.1, -0.05) is 13.8 Å². The SMILES string of the molecule is CCN(CC)CCCNS(=O)(=O)CCNC1CC1. The first-order valence-corrected chi connectivity index (χ1v) is 8.65. The van der Waals surface area contributed by atoms with Crippen LogP contribution in [0, 0.1) is 0 Å². The van der Waals surface area contributed by atoms with Gasteiger partial charge in [0, 0.05) is 19.1 Å². The van der Waals surface area contributed by atoms with Gasteiger partial charge in [0.25, 0.3) is 0 Å². The lowest BCUT2D eigenvalue weighted by Crippen LogP contribution is -2.34. The highest BCUT2D eigenvalue weighted by Gasteiger charge is 2.20. The fourth-order valence-electron chi connectivity index (χ4n) is 1.83. The van der Waals surface area contributed by atoms with Crippen molar-refractivity contribution in [3.8, 4) is 0 Å². The molecule has 0 aliphatic heterocycles. The van der Waals surface area contributed by atoms with Crippen LogP contribution in [0.15, 0.2) is 0 Å². The summed E-state index contributed by atoms with van der Waals surface area (Å²) in [4.78, 5) is 2.29. The summed E-state index contributed by atoms with van der Waals surface area (Å²) >= 11 is 0. The Labute approximate surface area is 111 Å². The molecule has 1 saturated carbocycles. The van der Waals surface area contributed by atoms with E-state index in [1.165, 1.54) is 12.8 Å². The molecular formula is C12H27N3O2S. The van der Waals surface area contributed by atoms with Gasteiger partial charge < -0.3 is 10.2 Å². The average molecular weight is 277 g/mol. The van der Waals surface area contributed by atoms with E-state index in [2.05, 4.69) is 28.8 Å². The van der Waals surface area contributed by atoms with Crippen LogP contribution in [-0.2, 0) is 10.0 Å². The normalized spacial score (nSPS) is 16.4. The number of nitrogens with one attached hydrogen (secondary N) is 2. The molecule has 0 atom stereocenters. The van der Waals surface area contributed by atoms with E-state index in [9.17, 15) is 8.42 Å². The highest BCUT2D eigenvalue weighted by Crippen LogP contribution is 2.17. The van der Waals surface area contributed by atoms with Crippen molar-refractivity contribution in [1.29, 1.82) is 0 Å². The minimum Gasteiger partial charge on any atom is -0.313 e. The van der Waals surface area contributed by atoms with Gasteiger partial charge in [-0.3, -0.25) is 0 Å². The summed E-state index contributed by atoms with van der Waals surface area (Å²) < 4.78 is 26.0. The summed E-state index contributed by atoms with van der Waals surface area (Å²) in [5, 5.41) is 3.21. The summed E-state index contributed by atoms with van der Waals surface area (Å²) in [5.74, 6) is 0.189. The van der Waals surface area contributed by atoms with Gasteiger partial charge in [0.2, 0.25) is 10.0 Å². The Morgan fingerprint density at radius 1 is 1.17 bits per heavy atom. The van der Waals surface area contributed by atoms with Crippen molar-refractivity contribution < 1.29 is 8.42 Å². The molecule has 0 amide bonds. The molecule has 0 saturated heterocycles. The summed E-state index contributed by atoms with van der Waals surface area (Å²) in [7, 11) is -3.09. The van der Waals surface area contributed by atoms with Gasteiger partial charge in [-0.05, 0) is 38.9 Å². The molecule has 2 N–H and O–H groups in total. The van der Waals surface area contributed by atoms with E-state index in [0.717, 1.165) is 26.1 Å². The number of sulfonamides is 1. The molecule has 1 aliphatic carbocycles. The lowest BCUT2D eigenvalue weighted by Gasteiger charge is -2.17. The predicted molar refractivity (Wildman–Crippen MR) is 75.2 cm³/mol. The van der Waals surface area contributed by atoms with Gasteiger partial charge in [0.1, 0.15) is 0 Å². The summed E-state index contributed by atoms with van der Waals surface area (Å²) in [5.41, 5.74) is 0. The largest absolute Gasteiger partial charge is 0.313 e. The lowest BCUT2D eigenvalue weighted by atomic mass is 10.4. The number of rotatable bonds is 11. The third-order valence-corrected chi connectivity index (χ3v) is 4.63. The zero-order chi connectivity index (χ0) is 13.4. The van der Waals surface area contributed by atoms with Crippen molar-refractivity contribution in [2.24, 2.45) is 0 Å². The highest BCUT2D eigenvalue weighted by molar-refractivity contribution is 7.89. The van der Waals surface area contributed by atoms with Crippen LogP contribution in [0.4, 0.5) is 0 Å². The van der Waals surface area contributed by atoms with E-state index in [1.807, 2.05) is 0 Å². The Balaban J connectivity index is 2.04. The van der Waals surface area contributed by atoms with Crippen molar-refractivity contribution in [3.05, 3.63) is 0 Å². The average Bonchev–Trinajstić information content (AvgIpc) is 3.13. The van der Waals surface area contributed by atoms with Gasteiger partial charge in [0.05, 0.1) is 5.75 Å². The van der Waals surface area contributed by atoms with E-state index >= 15 is 0 Å². The molecule has 18 heavy (non-hydrogen) atoms. The van der Waals surface area contributed by atoms with Gasteiger partial charge in [-0.15, -0.1) is 0 Å². The van der Waals surface area contributed by atoms with E-state index in [4.69, 9.17) is 0 Å². The van der Waals surface area contributed by atoms with Crippen LogP contribution >= 0.6 is 0 Å². The lowest BCUT2D eigenvalue weighted by molar-refractivity contribution is 0.300. The van der Waals surface area contributed by atoms with Crippen molar-refractivity contribution in [2.45, 2.75) is 39.2 Å². The van der Waals surface area contributed by atoms with Crippen LogP contribution in [0.5, 0.6) is 0 Å². The quantitative estimate of drug-likeness (QED) is 0.536. The monoisotopic (exact) mass is 277 g/mol. The second-order valence-corrected chi connectivity index (χ2v) is 6.75. The van der Waals surface area contributed by atoms with Crippen LogP contribution in [0.25, 0.3) is 0 Å². The minimum atomic E-state index is -3.09. The first kappa shape index (κ1) is 15.9. The van der Waals surface area contributed by atoms with Gasteiger partial charge in [0.15, 0.2) is 0 Å². The Hall–Kier alpha value is -0.170. The Kier molecular flexibility index (Phi) is 7.14. The Bertz CT molecular complexity index is 311. The highest BCUT2D eigenvalue weighted by atomic mass is 32.2. The zero-order valence-corrected chi connectivity index (χ0v) is 12.4. The molecule has 0 aromatic heterocycles. The molecule has 6 heteroatoms. The maximum atomic E-state index is 11.7. The smallest absolute Gasteiger partial charge is 0.212 e. The fraction of sp³-hybridized carbons (Fsp3) is 1.00. The summed E-state index contributed by atoms with van der Waals surface area (Å²) in [6, 6.07) is 0.572. The molecule has 0 unspecified atom stereocenters. The Morgan fingerprint density at radius 3 is 2.39 bits per heavy atom. The molecule has 0 radical (unpaired) electrons. The number of hydrogen-bond donors (Lipinski definition) is 2. The summed E-state index contributed by atoms with van der Waals surface area (Å²) in [6.07, 6.45) is 3.26. The fourth-order valence-corrected chi connectivity index (χ4v) is 2.81. The van der Waals surface area contributed by atoms with Crippen molar-refractivity contribution >= 4 is 10.0 Å². The minimum absolute atomic E-state index is 0.189. The van der Waals surface area contributed by atoms with Gasteiger partial charge >= 0.3 is 0 Å². The molecule has 0 heterocycles. The third kappa shape index (κ3) is 7.31. The maximum absolute atomic E-state index is 11.7. The van der Waals surface area contributed by atoms with Crippen molar-refractivity contribution in [3.63, 3.8) is 0 Å². The summed E-state index contributed by atoms with van der Waals surface area (Å²) in [6.45, 7) is 8.35. The molecule has 1 aliphatic rings. The van der Waals surface area contributed by atoms with Gasteiger partial charge in [-0.2, -0.15) is 0 Å². The van der Waals surface area contributed by atoms with Crippen LogP contribution < -0.4 is 10.0 Å². The van der Waals surface area contributed by atoms with Crippen LogP contribution in [0.2, 0.25) is 0 Å². The molecule has 0 aromatic carbocycles. The number of hydrogen-bond acceptors (Lipinski definition) is 4. The first-order chi connectivity index (χ1) is 8.57. The zero-order valence-electron chi connectivity index (χ0n) is 11.6. The molecule has 0 bridgehead atoms. The van der Waals surface area contributed by atoms with Crippen molar-refractivity contribution in [1.82, 2.24) is 14.9 Å². The Morgan fingerprint density at radius 2 is 1.83 bits per heavy atom. The topological polar surface area (TPSA) is 61.4 Å². The first-order valence-electron chi connectivity index (χ1n) is 7.00. The molecule has 0 spiro atoms. The number of nitrogens with zero attached hydrogens (tertiary/aromatic N) is 1. The molecule has 1 fully saturated rings. The van der Waals surface area contributed by atoms with Crippen LogP contribution in [-0.4, -0.2) is 57.8 Å². The second kappa shape index (κ2) is 8.09. The van der Waals surface area contributed by atoms with E-state index in [1.54, 1.807) is 0 Å². The predicted octanol–water partition coefficient (Wildman–Crippen LogP) is 0.390. The molecule has 0 aromatic rings. The van der Waals surface area contributed by atoms with Crippen LogP contribution in [0.3, 0.4) is 0 Å². The van der Waals surface area contributed by atoms with Gasteiger partial charge in [-0.25, -0.2) is 13.1 Å². The van der Waals surface area contributed by atoms with E-state index < -0.39 is 10.0 Å². The third-order valence-electron chi connectivity index (χ3n) is 3.25. The standard InChI is InChI=1S/C12H27N3O2S/c1-3-15(4-2)10-5-8-14-18(16,17)11-9-13-12-6-7-12/h12-14H,3-11H2,1-2H3. The molecule has 5 nitrogen and oxygen atoms in total. The van der Waals surface area contributed by atoms with E-state index in [-0.39, 0.29) is 5.75 Å². The molecule has 108 valence electrons.